The van der Waals surface area contributed by atoms with E-state index in [1.54, 1.807) is 47.2 Å². The van der Waals surface area contributed by atoms with Crippen molar-refractivity contribution in [2.75, 3.05) is 0 Å². The van der Waals surface area contributed by atoms with Crippen molar-refractivity contribution in [3.63, 3.8) is 0 Å². The lowest BCUT2D eigenvalue weighted by atomic mass is 10.2. The van der Waals surface area contributed by atoms with Crippen molar-refractivity contribution in [1.82, 2.24) is 14.5 Å². The molecule has 0 radical (unpaired) electrons. The Balaban J connectivity index is 1.85. The maximum absolute atomic E-state index is 13.0. The van der Waals surface area contributed by atoms with Crippen LogP contribution in [0.25, 0.3) is 10.9 Å². The lowest BCUT2D eigenvalue weighted by molar-refractivity contribution is 0.476. The van der Waals surface area contributed by atoms with Crippen LogP contribution >= 0.6 is 11.8 Å². The highest BCUT2D eigenvalue weighted by Crippen LogP contribution is 2.25. The first-order chi connectivity index (χ1) is 12.7. The molecule has 0 saturated heterocycles. The van der Waals surface area contributed by atoms with Crippen LogP contribution < -0.4 is 5.56 Å². The van der Waals surface area contributed by atoms with E-state index in [0.29, 0.717) is 32.5 Å². The van der Waals surface area contributed by atoms with Gasteiger partial charge in [-0.1, -0.05) is 18.2 Å². The number of hydrogen-bond acceptors (Lipinski definition) is 6. The molecule has 4 aromatic rings. The van der Waals surface area contributed by atoms with Gasteiger partial charge >= 0.3 is 0 Å². The summed E-state index contributed by atoms with van der Waals surface area (Å²) in [4.78, 5) is 21.9. The van der Waals surface area contributed by atoms with Gasteiger partial charge < -0.3 is 4.42 Å². The van der Waals surface area contributed by atoms with Crippen LogP contribution in [0.15, 0.2) is 80.3 Å². The van der Waals surface area contributed by atoms with Gasteiger partial charge in [-0.2, -0.15) is 5.26 Å². The minimum atomic E-state index is -0.147. The Hall–Kier alpha value is -3.37. The Labute approximate surface area is 152 Å². The number of nitriles is 1. The van der Waals surface area contributed by atoms with E-state index in [9.17, 15) is 4.79 Å². The van der Waals surface area contributed by atoms with Gasteiger partial charge in [0.15, 0.2) is 5.16 Å². The second-order valence-corrected chi connectivity index (χ2v) is 6.44. The average Bonchev–Trinajstić information content (AvgIpc) is 3.18. The second-order valence-electron chi connectivity index (χ2n) is 5.46. The van der Waals surface area contributed by atoms with Gasteiger partial charge in [0.05, 0.1) is 23.7 Å². The van der Waals surface area contributed by atoms with Crippen LogP contribution in [-0.2, 0) is 6.54 Å². The third-order valence-corrected chi connectivity index (χ3v) is 4.69. The predicted molar refractivity (Wildman–Crippen MR) is 96.9 cm³/mol. The van der Waals surface area contributed by atoms with E-state index in [2.05, 4.69) is 9.97 Å². The zero-order valence-corrected chi connectivity index (χ0v) is 14.3. The topological polar surface area (TPSA) is 84.7 Å². The van der Waals surface area contributed by atoms with Crippen LogP contribution in [0, 0.1) is 11.3 Å². The van der Waals surface area contributed by atoms with Gasteiger partial charge in [-0.3, -0.25) is 9.36 Å². The van der Waals surface area contributed by atoms with E-state index in [-0.39, 0.29) is 12.1 Å². The maximum Gasteiger partial charge on any atom is 0.262 e. The van der Waals surface area contributed by atoms with Gasteiger partial charge in [-0.15, -0.1) is 0 Å². The van der Waals surface area contributed by atoms with Crippen LogP contribution in [0.4, 0.5) is 0 Å². The fraction of sp³-hybridized carbons (Fsp3) is 0.0526. The van der Waals surface area contributed by atoms with E-state index in [4.69, 9.17) is 9.68 Å². The molecule has 0 unspecified atom stereocenters. The Morgan fingerprint density at radius 1 is 1.08 bits per heavy atom. The quantitative estimate of drug-likeness (QED) is 0.518. The highest BCUT2D eigenvalue weighted by Gasteiger charge is 2.14. The van der Waals surface area contributed by atoms with Gasteiger partial charge in [-0.05, 0) is 48.2 Å². The predicted octanol–water partition coefficient (Wildman–Crippen LogP) is 3.46. The van der Waals surface area contributed by atoms with Crippen molar-refractivity contribution < 1.29 is 4.42 Å². The first kappa shape index (κ1) is 16.1. The Morgan fingerprint density at radius 3 is 2.77 bits per heavy atom. The molecule has 0 N–H and O–H groups in total. The zero-order chi connectivity index (χ0) is 17.9. The lowest BCUT2D eigenvalue weighted by Crippen LogP contribution is -2.23. The highest BCUT2D eigenvalue weighted by molar-refractivity contribution is 7.99. The van der Waals surface area contributed by atoms with Crippen molar-refractivity contribution in [3.8, 4) is 6.07 Å². The minimum Gasteiger partial charge on any atom is -0.467 e. The molecule has 26 heavy (non-hydrogen) atoms. The Bertz CT molecular complexity index is 1180. The van der Waals surface area contributed by atoms with Crippen molar-refractivity contribution in [3.05, 3.63) is 82.7 Å². The summed E-state index contributed by atoms with van der Waals surface area (Å²) in [5.74, 6) is 0.657. The van der Waals surface area contributed by atoms with Crippen LogP contribution in [-0.4, -0.2) is 14.5 Å². The standard InChI is InChI=1S/C19H12N4O2S/c20-11-13-5-3-9-17(21-13)26-19-22-16-8-2-1-7-15(16)18(24)23(19)12-14-6-4-10-25-14/h1-10H,12H2. The van der Waals surface area contributed by atoms with Crippen LogP contribution in [0.1, 0.15) is 11.5 Å². The summed E-state index contributed by atoms with van der Waals surface area (Å²) in [5, 5.41) is 10.7. The SMILES string of the molecule is N#Cc1cccc(Sc2nc3ccccc3c(=O)n2Cc2ccco2)n1. The molecule has 0 atom stereocenters. The molecule has 4 rings (SSSR count). The molecule has 1 aromatic carbocycles. The molecule has 3 aromatic heterocycles. The lowest BCUT2D eigenvalue weighted by Gasteiger charge is -2.11. The van der Waals surface area contributed by atoms with Crippen molar-refractivity contribution >= 4 is 22.7 Å². The number of aromatic nitrogens is 3. The smallest absolute Gasteiger partial charge is 0.262 e. The molecule has 126 valence electrons. The molecule has 0 bridgehead atoms. The third kappa shape index (κ3) is 3.10. The van der Waals surface area contributed by atoms with E-state index >= 15 is 0 Å². The summed E-state index contributed by atoms with van der Waals surface area (Å²) >= 11 is 1.24. The minimum absolute atomic E-state index is 0.147. The normalized spacial score (nSPS) is 10.7. The summed E-state index contributed by atoms with van der Waals surface area (Å²) < 4.78 is 6.95. The first-order valence-corrected chi connectivity index (χ1v) is 8.63. The molecule has 0 saturated carbocycles. The second kappa shape index (κ2) is 6.86. The number of para-hydroxylation sites is 1. The van der Waals surface area contributed by atoms with Crippen LogP contribution in [0.2, 0.25) is 0 Å². The summed E-state index contributed by atoms with van der Waals surface area (Å²) in [6.45, 7) is 0.268. The Kier molecular flexibility index (Phi) is 4.25. The number of fused-ring (bicyclic) bond motifs is 1. The molecule has 0 fully saturated rings. The summed E-state index contributed by atoms with van der Waals surface area (Å²) in [7, 11) is 0. The summed E-state index contributed by atoms with van der Waals surface area (Å²) in [6.07, 6.45) is 1.57. The van der Waals surface area contributed by atoms with Crippen molar-refractivity contribution in [2.24, 2.45) is 0 Å². The molecule has 3 heterocycles. The van der Waals surface area contributed by atoms with Gasteiger partial charge in [0, 0.05) is 0 Å². The summed E-state index contributed by atoms with van der Waals surface area (Å²) in [6, 6.07) is 18.0. The molecule has 0 aliphatic heterocycles. The molecule has 0 aliphatic rings. The molecular weight excluding hydrogens is 348 g/mol. The first-order valence-electron chi connectivity index (χ1n) is 7.81. The monoisotopic (exact) mass is 360 g/mol. The van der Waals surface area contributed by atoms with Crippen molar-refractivity contribution in [2.45, 2.75) is 16.7 Å². The van der Waals surface area contributed by atoms with E-state index in [1.165, 1.54) is 11.8 Å². The van der Waals surface area contributed by atoms with E-state index in [1.807, 2.05) is 24.3 Å². The molecule has 7 heteroatoms. The molecular formula is C19H12N4O2S. The largest absolute Gasteiger partial charge is 0.467 e. The van der Waals surface area contributed by atoms with E-state index in [0.717, 1.165) is 0 Å². The average molecular weight is 360 g/mol. The molecule has 6 nitrogen and oxygen atoms in total. The number of benzene rings is 1. The fourth-order valence-corrected chi connectivity index (χ4v) is 3.43. The number of hydrogen-bond donors (Lipinski definition) is 0. The third-order valence-electron chi connectivity index (χ3n) is 3.75. The van der Waals surface area contributed by atoms with Crippen LogP contribution in [0.3, 0.4) is 0 Å². The highest BCUT2D eigenvalue weighted by atomic mass is 32.2. The fourth-order valence-electron chi connectivity index (χ4n) is 2.55. The molecule has 0 aliphatic carbocycles. The van der Waals surface area contributed by atoms with Gasteiger partial charge in [0.1, 0.15) is 22.5 Å². The van der Waals surface area contributed by atoms with Gasteiger partial charge in [0.2, 0.25) is 0 Å². The van der Waals surface area contributed by atoms with E-state index < -0.39 is 0 Å². The number of rotatable bonds is 4. The van der Waals surface area contributed by atoms with Crippen molar-refractivity contribution in [1.29, 1.82) is 5.26 Å². The number of nitrogens with zero attached hydrogens (tertiary/aromatic N) is 4. The summed E-state index contributed by atoms with van der Waals surface area (Å²) in [5.41, 5.74) is 0.786. The number of furan rings is 1. The maximum atomic E-state index is 13.0. The zero-order valence-electron chi connectivity index (χ0n) is 13.5. The molecule has 0 spiro atoms. The Morgan fingerprint density at radius 2 is 1.96 bits per heavy atom. The van der Waals surface area contributed by atoms with Crippen LogP contribution in [0.5, 0.6) is 0 Å². The number of pyridine rings is 1. The van der Waals surface area contributed by atoms with Gasteiger partial charge in [0.25, 0.3) is 5.56 Å². The van der Waals surface area contributed by atoms with Gasteiger partial charge in [-0.25, -0.2) is 9.97 Å². The molecule has 0 amide bonds.